The molecule has 1 fully saturated rings. The van der Waals surface area contributed by atoms with E-state index in [2.05, 4.69) is 10.6 Å². The topological polar surface area (TPSA) is 75.3 Å². The van der Waals surface area contributed by atoms with Crippen LogP contribution >= 0.6 is 0 Å². The van der Waals surface area contributed by atoms with E-state index < -0.39 is 16.8 Å². The van der Waals surface area contributed by atoms with Gasteiger partial charge >= 0.3 is 0 Å². The average molecular weight is 407 g/mol. The van der Waals surface area contributed by atoms with Gasteiger partial charge in [0.2, 0.25) is 5.91 Å². The molecule has 0 aliphatic heterocycles. The summed E-state index contributed by atoms with van der Waals surface area (Å²) < 4.78 is 12.2. The highest BCUT2D eigenvalue weighted by atomic mass is 32.2. The molecule has 2 amide bonds. The molecular formula is C22H34N2O3S. The largest absolute Gasteiger partial charge is 0.352 e. The van der Waals surface area contributed by atoms with Crippen LogP contribution in [0.2, 0.25) is 0 Å². The molecule has 1 aliphatic carbocycles. The lowest BCUT2D eigenvalue weighted by Crippen LogP contribution is -2.51. The molecule has 2 N–H and O–H groups in total. The van der Waals surface area contributed by atoms with Crippen LogP contribution in [0.25, 0.3) is 0 Å². The molecule has 1 saturated carbocycles. The van der Waals surface area contributed by atoms with Crippen molar-refractivity contribution in [2.24, 2.45) is 5.92 Å². The van der Waals surface area contributed by atoms with E-state index in [0.29, 0.717) is 17.7 Å². The van der Waals surface area contributed by atoms with Crippen LogP contribution in [0.1, 0.15) is 68.8 Å². The van der Waals surface area contributed by atoms with Crippen LogP contribution in [-0.2, 0) is 15.6 Å². The first kappa shape index (κ1) is 22.6. The normalized spacial score (nSPS) is 21.8. The summed E-state index contributed by atoms with van der Waals surface area (Å²) in [6.07, 6.45) is 4.19. The quantitative estimate of drug-likeness (QED) is 0.695. The molecule has 156 valence electrons. The summed E-state index contributed by atoms with van der Waals surface area (Å²) in [7, 11) is -0.826. The maximum Gasteiger partial charge on any atom is 0.252 e. The first-order valence-electron chi connectivity index (χ1n) is 10.4. The van der Waals surface area contributed by atoms with E-state index in [1.54, 1.807) is 6.07 Å². The van der Waals surface area contributed by atoms with Crippen molar-refractivity contribution in [3.8, 4) is 0 Å². The molecule has 0 spiro atoms. The lowest BCUT2D eigenvalue weighted by molar-refractivity contribution is -0.124. The van der Waals surface area contributed by atoms with Crippen molar-refractivity contribution in [1.29, 1.82) is 0 Å². The standard InChI is InChI=1S/C22H34N2O3S/c1-5-28(27)18-11-8-10-17(14-18)23-22(26)20(13-15(2)3)24-21(25)19-12-7-6-9-16(19)4/h6-7,9,12,15,17-18,20H,5,8,10-11,13-14H2,1-4H3,(H,23,26)(H,24,25). The van der Waals surface area contributed by atoms with Crippen LogP contribution in [-0.4, -0.2) is 39.1 Å². The summed E-state index contributed by atoms with van der Waals surface area (Å²) in [4.78, 5) is 25.6. The van der Waals surface area contributed by atoms with E-state index >= 15 is 0 Å². The van der Waals surface area contributed by atoms with Gasteiger partial charge in [0.25, 0.3) is 5.91 Å². The molecule has 4 atom stereocenters. The van der Waals surface area contributed by atoms with Crippen LogP contribution in [0.5, 0.6) is 0 Å². The summed E-state index contributed by atoms with van der Waals surface area (Å²) in [5.74, 6) is 0.587. The number of benzene rings is 1. The molecule has 4 unspecified atom stereocenters. The van der Waals surface area contributed by atoms with Gasteiger partial charge in [-0.25, -0.2) is 0 Å². The molecule has 5 nitrogen and oxygen atoms in total. The Morgan fingerprint density at radius 2 is 1.93 bits per heavy atom. The van der Waals surface area contributed by atoms with Gasteiger partial charge in [0, 0.05) is 33.4 Å². The fraction of sp³-hybridized carbons (Fsp3) is 0.636. The Labute approximate surface area is 171 Å². The molecule has 1 aromatic rings. The fourth-order valence-electron chi connectivity index (χ4n) is 3.82. The van der Waals surface area contributed by atoms with Gasteiger partial charge in [-0.05, 0) is 50.2 Å². The number of rotatable bonds is 8. The Morgan fingerprint density at radius 1 is 1.21 bits per heavy atom. The monoisotopic (exact) mass is 406 g/mol. The highest BCUT2D eigenvalue weighted by Crippen LogP contribution is 2.23. The van der Waals surface area contributed by atoms with E-state index in [4.69, 9.17) is 0 Å². The number of carbonyl (C=O) groups is 2. The van der Waals surface area contributed by atoms with Gasteiger partial charge in [-0.3, -0.25) is 13.8 Å². The van der Waals surface area contributed by atoms with Crippen molar-refractivity contribution in [2.75, 3.05) is 5.75 Å². The zero-order chi connectivity index (χ0) is 20.7. The van der Waals surface area contributed by atoms with E-state index in [9.17, 15) is 13.8 Å². The molecule has 1 aromatic carbocycles. The van der Waals surface area contributed by atoms with Crippen molar-refractivity contribution in [3.63, 3.8) is 0 Å². The van der Waals surface area contributed by atoms with Gasteiger partial charge in [0.1, 0.15) is 6.04 Å². The third-order valence-electron chi connectivity index (χ3n) is 5.35. The van der Waals surface area contributed by atoms with Gasteiger partial charge in [-0.2, -0.15) is 0 Å². The third-order valence-corrected chi connectivity index (χ3v) is 7.09. The Kier molecular flexibility index (Phi) is 8.67. The molecule has 0 radical (unpaired) electrons. The van der Waals surface area contributed by atoms with Crippen molar-refractivity contribution >= 4 is 22.6 Å². The van der Waals surface area contributed by atoms with Crippen molar-refractivity contribution in [3.05, 3.63) is 35.4 Å². The van der Waals surface area contributed by atoms with E-state index in [0.717, 1.165) is 31.2 Å². The number of carbonyl (C=O) groups excluding carboxylic acids is 2. The second kappa shape index (κ2) is 10.7. The van der Waals surface area contributed by atoms with Gasteiger partial charge in [-0.15, -0.1) is 0 Å². The molecule has 2 rings (SSSR count). The Hall–Kier alpha value is -1.69. The SMILES string of the molecule is CCS(=O)C1CCCC(NC(=O)C(CC(C)C)NC(=O)c2ccccc2C)C1. The van der Waals surface area contributed by atoms with Crippen molar-refractivity contribution in [1.82, 2.24) is 10.6 Å². The summed E-state index contributed by atoms with van der Waals surface area (Å²) in [5.41, 5.74) is 1.49. The summed E-state index contributed by atoms with van der Waals surface area (Å²) in [5, 5.41) is 6.21. The number of amides is 2. The molecular weight excluding hydrogens is 372 g/mol. The zero-order valence-electron chi connectivity index (χ0n) is 17.5. The summed E-state index contributed by atoms with van der Waals surface area (Å²) >= 11 is 0. The van der Waals surface area contributed by atoms with Crippen LogP contribution < -0.4 is 10.6 Å². The second-order valence-corrected chi connectivity index (χ2v) is 10.1. The van der Waals surface area contributed by atoms with Crippen LogP contribution in [0, 0.1) is 12.8 Å². The van der Waals surface area contributed by atoms with Gasteiger partial charge < -0.3 is 10.6 Å². The average Bonchev–Trinajstić information content (AvgIpc) is 2.66. The molecule has 0 saturated heterocycles. The molecule has 0 bridgehead atoms. The molecule has 1 aliphatic rings. The predicted octanol–water partition coefficient (Wildman–Crippen LogP) is 3.34. The van der Waals surface area contributed by atoms with E-state index in [1.165, 1.54) is 0 Å². The Morgan fingerprint density at radius 3 is 2.57 bits per heavy atom. The zero-order valence-corrected chi connectivity index (χ0v) is 18.3. The van der Waals surface area contributed by atoms with E-state index in [-0.39, 0.29) is 29.0 Å². The maximum atomic E-state index is 12.9. The smallest absolute Gasteiger partial charge is 0.252 e. The summed E-state index contributed by atoms with van der Waals surface area (Å²) in [6.45, 7) is 7.92. The molecule has 28 heavy (non-hydrogen) atoms. The third kappa shape index (κ3) is 6.43. The second-order valence-electron chi connectivity index (χ2n) is 8.13. The number of aryl methyl sites for hydroxylation is 1. The lowest BCUT2D eigenvalue weighted by Gasteiger charge is -2.31. The summed E-state index contributed by atoms with van der Waals surface area (Å²) in [6, 6.07) is 6.86. The van der Waals surface area contributed by atoms with Gasteiger partial charge in [0.15, 0.2) is 0 Å². The highest BCUT2D eigenvalue weighted by molar-refractivity contribution is 7.85. The first-order valence-corrected chi connectivity index (χ1v) is 11.7. The van der Waals surface area contributed by atoms with Gasteiger partial charge in [-0.1, -0.05) is 45.4 Å². The Bertz CT molecular complexity index is 705. The van der Waals surface area contributed by atoms with Crippen LogP contribution in [0.4, 0.5) is 0 Å². The number of hydrogen-bond donors (Lipinski definition) is 2. The van der Waals surface area contributed by atoms with Gasteiger partial charge in [0.05, 0.1) is 0 Å². The first-order chi connectivity index (χ1) is 13.3. The van der Waals surface area contributed by atoms with Crippen LogP contribution in [0.15, 0.2) is 24.3 Å². The minimum atomic E-state index is -0.826. The minimum absolute atomic E-state index is 0.0341. The van der Waals surface area contributed by atoms with E-state index in [1.807, 2.05) is 45.9 Å². The highest BCUT2D eigenvalue weighted by Gasteiger charge is 2.29. The van der Waals surface area contributed by atoms with Crippen LogP contribution in [0.3, 0.4) is 0 Å². The molecule has 0 heterocycles. The molecule has 6 heteroatoms. The number of hydrogen-bond acceptors (Lipinski definition) is 3. The maximum absolute atomic E-state index is 12.9. The lowest BCUT2D eigenvalue weighted by atomic mass is 9.94. The molecule has 0 aromatic heterocycles. The fourth-order valence-corrected chi connectivity index (χ4v) is 5.17. The Balaban J connectivity index is 2.03. The van der Waals surface area contributed by atoms with Crippen molar-refractivity contribution < 1.29 is 13.8 Å². The minimum Gasteiger partial charge on any atom is -0.352 e. The van der Waals surface area contributed by atoms with Crippen molar-refractivity contribution in [2.45, 2.75) is 77.1 Å². The number of nitrogens with one attached hydrogen (secondary N) is 2. The predicted molar refractivity (Wildman–Crippen MR) is 115 cm³/mol.